The predicted molar refractivity (Wildman–Crippen MR) is 99.5 cm³/mol. The number of nitrogen functional groups attached to an aromatic ring is 1. The molecule has 1 aromatic carbocycles. The van der Waals surface area contributed by atoms with E-state index in [1.54, 1.807) is 17.8 Å². The Morgan fingerprint density at radius 1 is 1.00 bits per heavy atom. The van der Waals surface area contributed by atoms with Crippen molar-refractivity contribution in [3.05, 3.63) is 66.0 Å². The van der Waals surface area contributed by atoms with Gasteiger partial charge in [-0.1, -0.05) is 40.8 Å². The Balaban J connectivity index is 1.38. The summed E-state index contributed by atoms with van der Waals surface area (Å²) < 4.78 is 3.55. The van der Waals surface area contributed by atoms with E-state index in [0.717, 1.165) is 22.5 Å². The zero-order valence-electron chi connectivity index (χ0n) is 14.9. The number of nitrogens with two attached hydrogens (primary N) is 1. The molecule has 9 nitrogen and oxygen atoms in total. The lowest BCUT2D eigenvalue weighted by molar-refractivity contribution is 0.583. The summed E-state index contributed by atoms with van der Waals surface area (Å²) in [5.41, 5.74) is 9.53. The van der Waals surface area contributed by atoms with E-state index in [4.69, 9.17) is 5.73 Å². The van der Waals surface area contributed by atoms with E-state index < -0.39 is 0 Å². The van der Waals surface area contributed by atoms with Crippen LogP contribution in [0.15, 0.2) is 48.9 Å². The minimum absolute atomic E-state index is 0.468. The number of rotatable bonds is 6. The fraction of sp³-hybridized carbons (Fsp3) is 0.222. The Morgan fingerprint density at radius 2 is 1.81 bits per heavy atom. The summed E-state index contributed by atoms with van der Waals surface area (Å²) in [7, 11) is 0. The van der Waals surface area contributed by atoms with Crippen molar-refractivity contribution in [2.24, 2.45) is 0 Å². The van der Waals surface area contributed by atoms with Crippen molar-refractivity contribution in [2.75, 3.05) is 5.73 Å². The van der Waals surface area contributed by atoms with Gasteiger partial charge in [-0.3, -0.25) is 4.68 Å². The maximum absolute atomic E-state index is 5.93. The van der Waals surface area contributed by atoms with Gasteiger partial charge in [-0.2, -0.15) is 0 Å². The maximum Gasteiger partial charge on any atom is 0.132 e. The lowest BCUT2D eigenvalue weighted by Gasteiger charge is -2.04. The average molecular weight is 361 g/mol. The molecule has 0 spiro atoms. The summed E-state index contributed by atoms with van der Waals surface area (Å²) in [5, 5.41) is 16.8. The first-order chi connectivity index (χ1) is 13.2. The summed E-state index contributed by atoms with van der Waals surface area (Å²) in [5.74, 6) is 1.12. The fourth-order valence-corrected chi connectivity index (χ4v) is 2.72. The van der Waals surface area contributed by atoms with Gasteiger partial charge in [0.05, 0.1) is 18.4 Å². The number of aryl methyl sites for hydroxylation is 3. The van der Waals surface area contributed by atoms with Gasteiger partial charge >= 0.3 is 0 Å². The highest BCUT2D eigenvalue weighted by Crippen LogP contribution is 2.15. The lowest BCUT2D eigenvalue weighted by Crippen LogP contribution is -2.07. The summed E-state index contributed by atoms with van der Waals surface area (Å²) in [6.07, 6.45) is 6.26. The Kier molecular flexibility index (Phi) is 4.56. The molecule has 0 amide bonds. The third-order valence-electron chi connectivity index (χ3n) is 4.14. The van der Waals surface area contributed by atoms with E-state index in [1.165, 1.54) is 0 Å². The van der Waals surface area contributed by atoms with Crippen LogP contribution in [0, 0.1) is 6.92 Å². The monoisotopic (exact) mass is 361 g/mol. The number of hydrogen-bond donors (Lipinski definition) is 1. The fourth-order valence-electron chi connectivity index (χ4n) is 2.72. The topological polar surface area (TPSA) is 113 Å². The van der Waals surface area contributed by atoms with Gasteiger partial charge in [0.25, 0.3) is 0 Å². The smallest absolute Gasteiger partial charge is 0.132 e. The molecule has 0 saturated carbocycles. The highest BCUT2D eigenvalue weighted by molar-refractivity contribution is 5.57. The molecule has 2 N–H and O–H groups in total. The molecule has 0 unspecified atom stereocenters. The van der Waals surface area contributed by atoms with Gasteiger partial charge in [0.15, 0.2) is 0 Å². The number of hydrogen-bond acceptors (Lipinski definition) is 7. The number of aromatic nitrogens is 8. The van der Waals surface area contributed by atoms with Crippen molar-refractivity contribution < 1.29 is 0 Å². The molecule has 0 aliphatic heterocycles. The first-order valence-corrected chi connectivity index (χ1v) is 8.60. The lowest BCUT2D eigenvalue weighted by atomic mass is 10.2. The van der Waals surface area contributed by atoms with Crippen LogP contribution in [0.2, 0.25) is 0 Å². The van der Waals surface area contributed by atoms with Crippen LogP contribution in [0.4, 0.5) is 5.82 Å². The van der Waals surface area contributed by atoms with Crippen LogP contribution >= 0.6 is 0 Å². The normalized spacial score (nSPS) is 11.0. The molecule has 4 rings (SSSR count). The van der Waals surface area contributed by atoms with E-state index in [2.05, 4.69) is 30.6 Å². The second-order valence-corrected chi connectivity index (χ2v) is 6.22. The highest BCUT2D eigenvalue weighted by Gasteiger charge is 2.08. The van der Waals surface area contributed by atoms with E-state index in [9.17, 15) is 0 Å². The van der Waals surface area contributed by atoms with Gasteiger partial charge in [0, 0.05) is 36.5 Å². The van der Waals surface area contributed by atoms with Gasteiger partial charge in [0.2, 0.25) is 0 Å². The Bertz CT molecular complexity index is 1040. The molecule has 9 heteroatoms. The van der Waals surface area contributed by atoms with Gasteiger partial charge in [-0.25, -0.2) is 14.6 Å². The third kappa shape index (κ3) is 3.97. The Labute approximate surface area is 155 Å². The van der Waals surface area contributed by atoms with Gasteiger partial charge in [-0.05, 0) is 6.92 Å². The number of anilines is 1. The average Bonchev–Trinajstić information content (AvgIpc) is 3.32. The second-order valence-electron chi connectivity index (χ2n) is 6.22. The van der Waals surface area contributed by atoms with E-state index in [0.29, 0.717) is 31.2 Å². The zero-order chi connectivity index (χ0) is 18.6. The molecule has 3 heterocycles. The molecule has 0 aliphatic carbocycles. The zero-order valence-corrected chi connectivity index (χ0v) is 14.9. The van der Waals surface area contributed by atoms with Crippen LogP contribution in [0.3, 0.4) is 0 Å². The second kappa shape index (κ2) is 7.32. The predicted octanol–water partition coefficient (Wildman–Crippen LogP) is 1.51. The minimum atomic E-state index is 0.468. The van der Waals surface area contributed by atoms with Gasteiger partial charge in [-0.15, -0.1) is 10.2 Å². The van der Waals surface area contributed by atoms with Crippen LogP contribution in [0.1, 0.15) is 17.1 Å². The minimum Gasteiger partial charge on any atom is -0.383 e. The van der Waals surface area contributed by atoms with E-state index in [-0.39, 0.29) is 0 Å². The maximum atomic E-state index is 5.93. The molecule has 0 radical (unpaired) electrons. The van der Waals surface area contributed by atoms with Crippen LogP contribution in [0.25, 0.3) is 11.3 Å². The van der Waals surface area contributed by atoms with Gasteiger partial charge < -0.3 is 5.73 Å². The van der Waals surface area contributed by atoms with Crippen molar-refractivity contribution in [1.82, 2.24) is 40.0 Å². The van der Waals surface area contributed by atoms with Crippen LogP contribution < -0.4 is 5.73 Å². The van der Waals surface area contributed by atoms with Crippen LogP contribution in [0.5, 0.6) is 0 Å². The van der Waals surface area contributed by atoms with Crippen LogP contribution in [-0.2, 0) is 19.5 Å². The molecule has 0 aliphatic rings. The largest absolute Gasteiger partial charge is 0.383 e. The van der Waals surface area contributed by atoms with Crippen LogP contribution in [-0.4, -0.2) is 40.0 Å². The Hall–Kier alpha value is -3.62. The summed E-state index contributed by atoms with van der Waals surface area (Å²) in [6, 6.07) is 9.98. The molecule has 136 valence electrons. The molecule has 0 saturated heterocycles. The number of benzene rings is 1. The first kappa shape index (κ1) is 16.8. The summed E-state index contributed by atoms with van der Waals surface area (Å²) in [4.78, 5) is 8.34. The standard InChI is InChI=1S/C18H19N9/c1-13-20-9-15(18(19)21-13)10-27-11-16(22-24-27)7-8-26-12-17(23-25-26)14-5-3-2-4-6-14/h2-6,9,11-12H,7-8,10H2,1H3,(H2,19,20,21). The molecule has 0 bridgehead atoms. The quantitative estimate of drug-likeness (QED) is 0.554. The highest BCUT2D eigenvalue weighted by atomic mass is 15.4. The summed E-state index contributed by atoms with van der Waals surface area (Å²) >= 11 is 0. The SMILES string of the molecule is Cc1ncc(Cn2cc(CCn3cc(-c4ccccc4)nn3)nn2)c(N)n1. The van der Waals surface area contributed by atoms with Crippen molar-refractivity contribution >= 4 is 5.82 Å². The number of nitrogens with zero attached hydrogens (tertiary/aromatic N) is 8. The van der Waals surface area contributed by atoms with Gasteiger partial charge in [0.1, 0.15) is 17.3 Å². The van der Waals surface area contributed by atoms with Crippen molar-refractivity contribution in [3.63, 3.8) is 0 Å². The van der Waals surface area contributed by atoms with Crippen molar-refractivity contribution in [3.8, 4) is 11.3 Å². The molecular weight excluding hydrogens is 342 g/mol. The molecule has 27 heavy (non-hydrogen) atoms. The van der Waals surface area contributed by atoms with Crippen molar-refractivity contribution in [2.45, 2.75) is 26.4 Å². The van der Waals surface area contributed by atoms with E-state index in [1.807, 2.05) is 47.4 Å². The van der Waals surface area contributed by atoms with Crippen molar-refractivity contribution in [1.29, 1.82) is 0 Å². The molecule has 3 aromatic heterocycles. The molecule has 0 atom stereocenters. The van der Waals surface area contributed by atoms with E-state index >= 15 is 0 Å². The third-order valence-corrected chi connectivity index (χ3v) is 4.14. The molecule has 4 aromatic rings. The summed E-state index contributed by atoms with van der Waals surface area (Å²) in [6.45, 7) is 2.97. The Morgan fingerprint density at radius 3 is 2.63 bits per heavy atom. The molecule has 0 fully saturated rings. The molecular formula is C18H19N9. The first-order valence-electron chi connectivity index (χ1n) is 8.60.